The fraction of sp³-hybridized carbons (Fsp3) is 0.833. The van der Waals surface area contributed by atoms with E-state index in [4.69, 9.17) is 0 Å². The van der Waals surface area contributed by atoms with E-state index in [0.29, 0.717) is 6.42 Å². The maximum atomic E-state index is 9.85. The summed E-state index contributed by atoms with van der Waals surface area (Å²) in [5.41, 5.74) is 0. The number of carboxylic acids is 1. The van der Waals surface area contributed by atoms with E-state index in [-0.39, 0.29) is 57.8 Å². The number of carbonyl (C=O) groups excluding carboxylic acids is 1. The van der Waals surface area contributed by atoms with Crippen LogP contribution in [0.1, 0.15) is 12.8 Å². The molecule has 0 heterocycles. The van der Waals surface area contributed by atoms with Crippen LogP contribution < -0.4 is 56.5 Å². The van der Waals surface area contributed by atoms with Crippen molar-refractivity contribution in [2.45, 2.75) is 12.8 Å². The molecule has 3 nitrogen and oxygen atoms in total. The Balaban J connectivity index is 0. The molecule has 0 aliphatic heterocycles. The quantitative estimate of drug-likeness (QED) is 0.404. The van der Waals surface area contributed by atoms with E-state index in [9.17, 15) is 9.90 Å². The average molecular weight is 169 g/mol. The van der Waals surface area contributed by atoms with Gasteiger partial charge in [-0.3, -0.25) is 0 Å². The van der Waals surface area contributed by atoms with Gasteiger partial charge in [-0.1, -0.05) is 0 Å². The maximum Gasteiger partial charge on any atom is 1.00 e. The molecular formula is C6H12KNO2. The van der Waals surface area contributed by atoms with Gasteiger partial charge in [-0.25, -0.2) is 0 Å². The molecule has 0 rings (SSSR count). The molecule has 0 unspecified atom stereocenters. The summed E-state index contributed by atoms with van der Waals surface area (Å²) in [4.78, 5) is 11.8. The molecule has 0 aromatic carbocycles. The van der Waals surface area contributed by atoms with E-state index in [1.54, 1.807) is 0 Å². The Morgan fingerprint density at radius 1 is 1.50 bits per heavy atom. The molecular weight excluding hydrogens is 157 g/mol. The summed E-state index contributed by atoms with van der Waals surface area (Å²) in [5, 5.41) is 9.85. The van der Waals surface area contributed by atoms with Crippen LogP contribution in [0, 0.1) is 0 Å². The average Bonchev–Trinajstić information content (AvgIpc) is 1.63. The summed E-state index contributed by atoms with van der Waals surface area (Å²) >= 11 is 0. The van der Waals surface area contributed by atoms with Gasteiger partial charge in [0.25, 0.3) is 0 Å². The molecule has 54 valence electrons. The van der Waals surface area contributed by atoms with E-state index in [1.807, 2.05) is 19.0 Å². The van der Waals surface area contributed by atoms with Gasteiger partial charge in [-0.2, -0.15) is 0 Å². The Morgan fingerprint density at radius 3 is 2.30 bits per heavy atom. The van der Waals surface area contributed by atoms with E-state index in [2.05, 4.69) is 0 Å². The van der Waals surface area contributed by atoms with E-state index in [0.717, 1.165) is 6.54 Å². The van der Waals surface area contributed by atoms with E-state index >= 15 is 0 Å². The van der Waals surface area contributed by atoms with Crippen molar-refractivity contribution in [3.63, 3.8) is 0 Å². The predicted molar refractivity (Wildman–Crippen MR) is 32.8 cm³/mol. The van der Waals surface area contributed by atoms with Crippen LogP contribution in [0.3, 0.4) is 0 Å². The third-order valence-electron chi connectivity index (χ3n) is 0.986. The summed E-state index contributed by atoms with van der Waals surface area (Å²) in [6.45, 7) is 0.813. The number of hydrogen-bond donors (Lipinski definition) is 0. The largest absolute Gasteiger partial charge is 1.00 e. The molecule has 0 saturated heterocycles. The zero-order valence-corrected chi connectivity index (χ0v) is 10.0. The number of hydrogen-bond acceptors (Lipinski definition) is 3. The second-order valence-corrected chi connectivity index (χ2v) is 2.28. The third-order valence-corrected chi connectivity index (χ3v) is 0.986. The van der Waals surface area contributed by atoms with Crippen molar-refractivity contribution in [3.8, 4) is 0 Å². The summed E-state index contributed by atoms with van der Waals surface area (Å²) < 4.78 is 0. The molecule has 0 radical (unpaired) electrons. The predicted octanol–water partition coefficient (Wildman–Crippen LogP) is -3.92. The molecule has 0 aromatic rings. The molecule has 0 aromatic heterocycles. The summed E-state index contributed by atoms with van der Waals surface area (Å²) in [7, 11) is 3.82. The Hall–Kier alpha value is 1.07. The summed E-state index contributed by atoms with van der Waals surface area (Å²) in [5.74, 6) is -0.961. The fourth-order valence-electron chi connectivity index (χ4n) is 0.540. The van der Waals surface area contributed by atoms with Gasteiger partial charge in [-0.05, 0) is 33.5 Å². The smallest absolute Gasteiger partial charge is 0.550 e. The first-order valence-electron chi connectivity index (χ1n) is 2.97. The Labute approximate surface area is 104 Å². The van der Waals surface area contributed by atoms with Crippen molar-refractivity contribution < 1.29 is 61.3 Å². The molecule has 0 atom stereocenters. The maximum absolute atomic E-state index is 9.85. The van der Waals surface area contributed by atoms with Crippen molar-refractivity contribution in [1.82, 2.24) is 4.90 Å². The van der Waals surface area contributed by atoms with Crippen LogP contribution >= 0.6 is 0 Å². The molecule has 0 spiro atoms. The summed E-state index contributed by atoms with van der Waals surface area (Å²) in [6, 6.07) is 0. The molecule has 0 amide bonds. The van der Waals surface area contributed by atoms with Gasteiger partial charge >= 0.3 is 51.4 Å². The number of aliphatic carboxylic acids is 1. The van der Waals surface area contributed by atoms with Crippen molar-refractivity contribution in [3.05, 3.63) is 0 Å². The van der Waals surface area contributed by atoms with Crippen LogP contribution in [0.5, 0.6) is 0 Å². The number of carboxylic acid groups (broad SMARTS) is 1. The van der Waals surface area contributed by atoms with Crippen molar-refractivity contribution in [2.24, 2.45) is 0 Å². The van der Waals surface area contributed by atoms with Gasteiger partial charge in [0.05, 0.1) is 0 Å². The van der Waals surface area contributed by atoms with Crippen LogP contribution in [0.15, 0.2) is 0 Å². The van der Waals surface area contributed by atoms with Crippen LogP contribution in [-0.2, 0) is 4.79 Å². The third kappa shape index (κ3) is 11.8. The van der Waals surface area contributed by atoms with E-state index in [1.165, 1.54) is 0 Å². The number of rotatable bonds is 4. The van der Waals surface area contributed by atoms with Crippen LogP contribution in [0.2, 0.25) is 0 Å². The Morgan fingerprint density at radius 2 is 2.00 bits per heavy atom. The second kappa shape index (κ2) is 8.17. The zero-order valence-electron chi connectivity index (χ0n) is 6.89. The van der Waals surface area contributed by atoms with Crippen molar-refractivity contribution in [1.29, 1.82) is 0 Å². The second-order valence-electron chi connectivity index (χ2n) is 2.28. The molecule has 0 aliphatic rings. The molecule has 4 heteroatoms. The molecule has 0 fully saturated rings. The van der Waals surface area contributed by atoms with Crippen LogP contribution in [0.4, 0.5) is 0 Å². The van der Waals surface area contributed by atoms with Crippen LogP contribution in [0.25, 0.3) is 0 Å². The van der Waals surface area contributed by atoms with Crippen LogP contribution in [-0.4, -0.2) is 31.5 Å². The van der Waals surface area contributed by atoms with Crippen molar-refractivity contribution in [2.75, 3.05) is 20.6 Å². The SMILES string of the molecule is CN(C)CCCC(=O)[O-].[K+]. The molecule has 0 bridgehead atoms. The van der Waals surface area contributed by atoms with Crippen molar-refractivity contribution >= 4 is 5.97 Å². The Bertz CT molecular complexity index is 95.7. The summed E-state index contributed by atoms with van der Waals surface area (Å²) in [6.07, 6.45) is 0.841. The first-order valence-corrected chi connectivity index (χ1v) is 2.97. The monoisotopic (exact) mass is 169 g/mol. The van der Waals surface area contributed by atoms with Gasteiger partial charge < -0.3 is 14.8 Å². The first kappa shape index (κ1) is 13.6. The molecule has 0 saturated carbocycles. The zero-order chi connectivity index (χ0) is 7.28. The molecule has 0 N–H and O–H groups in total. The number of carbonyl (C=O) groups is 1. The molecule has 0 aliphatic carbocycles. The topological polar surface area (TPSA) is 43.4 Å². The van der Waals surface area contributed by atoms with Gasteiger partial charge in [-0.15, -0.1) is 0 Å². The van der Waals surface area contributed by atoms with Gasteiger partial charge in [0.1, 0.15) is 0 Å². The number of nitrogens with zero attached hydrogens (tertiary/aromatic N) is 1. The normalized spacial score (nSPS) is 9.10. The molecule has 10 heavy (non-hydrogen) atoms. The van der Waals surface area contributed by atoms with Gasteiger partial charge in [0, 0.05) is 5.97 Å². The van der Waals surface area contributed by atoms with Gasteiger partial charge in [0.15, 0.2) is 0 Å². The minimum absolute atomic E-state index is 0. The van der Waals surface area contributed by atoms with Gasteiger partial charge in [0.2, 0.25) is 0 Å². The standard InChI is InChI=1S/C6H13NO2.K/c1-7(2)5-3-4-6(8)9;/h3-5H2,1-2H3,(H,8,9);/q;+1/p-1. The first-order chi connectivity index (χ1) is 4.13. The minimum Gasteiger partial charge on any atom is -0.550 e. The Kier molecular flexibility index (Phi) is 11.1. The van der Waals surface area contributed by atoms with E-state index < -0.39 is 5.97 Å². The fourth-order valence-corrected chi connectivity index (χ4v) is 0.540. The minimum atomic E-state index is -0.961.